The van der Waals surface area contributed by atoms with Crippen LogP contribution in [0.5, 0.6) is 0 Å². The molecule has 0 heterocycles. The minimum Gasteiger partial charge on any atom is -0.384 e. The summed E-state index contributed by atoms with van der Waals surface area (Å²) in [5.41, 5.74) is 0. The molecule has 0 saturated carbocycles. The van der Waals surface area contributed by atoms with E-state index in [1.54, 1.807) is 7.11 Å². The first-order chi connectivity index (χ1) is 5.20. The van der Waals surface area contributed by atoms with Gasteiger partial charge in [0.05, 0.1) is 19.3 Å². The summed E-state index contributed by atoms with van der Waals surface area (Å²) in [6, 6.07) is 0. The smallest absolute Gasteiger partial charge is 0.0519 e. The van der Waals surface area contributed by atoms with Gasteiger partial charge in [0.2, 0.25) is 0 Å². The lowest BCUT2D eigenvalue weighted by molar-refractivity contribution is 0.0238. The average molecular weight is 160 g/mol. The van der Waals surface area contributed by atoms with Crippen LogP contribution in [0.3, 0.4) is 0 Å². The fraction of sp³-hybridized carbons (Fsp3) is 1.00. The monoisotopic (exact) mass is 160 g/mol. The summed E-state index contributed by atoms with van der Waals surface area (Å²) in [6.07, 6.45) is 1.46. The Morgan fingerprint density at radius 2 is 1.82 bits per heavy atom. The summed E-state index contributed by atoms with van der Waals surface area (Å²) in [5.74, 6) is 0.558. The summed E-state index contributed by atoms with van der Waals surface area (Å²) >= 11 is 0. The Hall–Kier alpha value is -0.0800. The maximum absolute atomic E-state index is 5.47. The second kappa shape index (κ2) is 6.62. The maximum atomic E-state index is 5.47. The zero-order valence-corrected chi connectivity index (χ0v) is 8.09. The predicted molar refractivity (Wildman–Crippen MR) is 46.7 cm³/mol. The van der Waals surface area contributed by atoms with Crippen LogP contribution in [0.1, 0.15) is 27.2 Å². The van der Waals surface area contributed by atoms with Crippen molar-refractivity contribution in [1.82, 2.24) is 0 Å². The second-order valence-electron chi connectivity index (χ2n) is 3.11. The third kappa shape index (κ3) is 6.32. The zero-order valence-electron chi connectivity index (χ0n) is 8.09. The molecule has 1 unspecified atom stereocenters. The zero-order chi connectivity index (χ0) is 8.69. The lowest BCUT2D eigenvalue weighted by atomic mass is 10.1. The third-order valence-corrected chi connectivity index (χ3v) is 1.64. The Labute approximate surface area is 69.9 Å². The topological polar surface area (TPSA) is 18.5 Å². The van der Waals surface area contributed by atoms with E-state index in [1.807, 2.05) is 0 Å². The molecule has 0 spiro atoms. The van der Waals surface area contributed by atoms with Crippen molar-refractivity contribution in [2.45, 2.75) is 33.3 Å². The highest BCUT2D eigenvalue weighted by atomic mass is 16.5. The number of hydrogen-bond acceptors (Lipinski definition) is 2. The molecule has 0 aliphatic rings. The van der Waals surface area contributed by atoms with Gasteiger partial charge in [0.25, 0.3) is 0 Å². The van der Waals surface area contributed by atoms with Crippen LogP contribution in [0.25, 0.3) is 0 Å². The van der Waals surface area contributed by atoms with Crippen molar-refractivity contribution in [1.29, 1.82) is 0 Å². The largest absolute Gasteiger partial charge is 0.384 e. The molecule has 2 nitrogen and oxygen atoms in total. The van der Waals surface area contributed by atoms with Crippen LogP contribution < -0.4 is 0 Å². The lowest BCUT2D eigenvalue weighted by Gasteiger charge is -2.15. The molecule has 2 heteroatoms. The maximum Gasteiger partial charge on any atom is 0.0519 e. The van der Waals surface area contributed by atoms with Gasteiger partial charge in [-0.15, -0.1) is 0 Å². The first-order valence-corrected chi connectivity index (χ1v) is 4.31. The highest BCUT2D eigenvalue weighted by Gasteiger charge is 2.06. The van der Waals surface area contributed by atoms with Crippen molar-refractivity contribution in [2.75, 3.05) is 20.3 Å². The molecule has 0 saturated heterocycles. The van der Waals surface area contributed by atoms with Gasteiger partial charge in [-0.25, -0.2) is 0 Å². The van der Waals surface area contributed by atoms with Crippen molar-refractivity contribution in [2.24, 2.45) is 5.92 Å². The molecule has 0 amide bonds. The molecule has 1 atom stereocenters. The molecular formula is C9H20O2. The third-order valence-electron chi connectivity index (χ3n) is 1.64. The molecule has 11 heavy (non-hydrogen) atoms. The summed E-state index contributed by atoms with van der Waals surface area (Å²) in [5, 5.41) is 0. The number of hydrogen-bond donors (Lipinski definition) is 0. The van der Waals surface area contributed by atoms with Crippen LogP contribution in [0, 0.1) is 5.92 Å². The molecule has 0 aromatic heterocycles. The molecular weight excluding hydrogens is 140 g/mol. The van der Waals surface area contributed by atoms with E-state index in [9.17, 15) is 0 Å². The first kappa shape index (κ1) is 10.9. The molecule has 0 aliphatic carbocycles. The van der Waals surface area contributed by atoms with Crippen LogP contribution in [-0.2, 0) is 9.47 Å². The van der Waals surface area contributed by atoms with E-state index in [0.717, 1.165) is 19.6 Å². The van der Waals surface area contributed by atoms with Crippen LogP contribution in [-0.4, -0.2) is 26.4 Å². The summed E-state index contributed by atoms with van der Waals surface area (Å²) < 4.78 is 10.5. The Bertz CT molecular complexity index is 81.6. The Balaban J connectivity index is 3.35. The SMILES string of the molecule is CCC(COC)COC(C)C. The van der Waals surface area contributed by atoms with E-state index in [-0.39, 0.29) is 0 Å². The van der Waals surface area contributed by atoms with Gasteiger partial charge >= 0.3 is 0 Å². The number of rotatable bonds is 6. The van der Waals surface area contributed by atoms with E-state index in [0.29, 0.717) is 12.0 Å². The van der Waals surface area contributed by atoms with Gasteiger partial charge in [-0.05, 0) is 20.3 Å². The highest BCUT2D eigenvalue weighted by Crippen LogP contribution is 2.04. The van der Waals surface area contributed by atoms with E-state index >= 15 is 0 Å². The predicted octanol–water partition coefficient (Wildman–Crippen LogP) is 2.08. The highest BCUT2D eigenvalue weighted by molar-refractivity contribution is 4.54. The van der Waals surface area contributed by atoms with Crippen LogP contribution in [0.15, 0.2) is 0 Å². The van der Waals surface area contributed by atoms with Gasteiger partial charge in [-0.3, -0.25) is 0 Å². The Morgan fingerprint density at radius 1 is 1.18 bits per heavy atom. The fourth-order valence-electron chi connectivity index (χ4n) is 0.848. The van der Waals surface area contributed by atoms with Crippen molar-refractivity contribution in [3.05, 3.63) is 0 Å². The van der Waals surface area contributed by atoms with Gasteiger partial charge in [-0.2, -0.15) is 0 Å². The van der Waals surface area contributed by atoms with E-state index in [4.69, 9.17) is 9.47 Å². The van der Waals surface area contributed by atoms with Crippen LogP contribution in [0.4, 0.5) is 0 Å². The molecule has 0 bridgehead atoms. The first-order valence-electron chi connectivity index (χ1n) is 4.31. The lowest BCUT2D eigenvalue weighted by Crippen LogP contribution is -2.17. The van der Waals surface area contributed by atoms with Gasteiger partial charge in [0, 0.05) is 13.0 Å². The minimum absolute atomic E-state index is 0.334. The fourth-order valence-corrected chi connectivity index (χ4v) is 0.848. The van der Waals surface area contributed by atoms with Crippen molar-refractivity contribution in [3.63, 3.8) is 0 Å². The molecule has 0 radical (unpaired) electrons. The summed E-state index contributed by atoms with van der Waals surface area (Å²) in [6.45, 7) is 7.90. The molecule has 0 fully saturated rings. The van der Waals surface area contributed by atoms with Gasteiger partial charge in [0.15, 0.2) is 0 Å². The molecule has 68 valence electrons. The van der Waals surface area contributed by atoms with Gasteiger partial charge < -0.3 is 9.47 Å². The second-order valence-corrected chi connectivity index (χ2v) is 3.11. The minimum atomic E-state index is 0.334. The van der Waals surface area contributed by atoms with Crippen LogP contribution >= 0.6 is 0 Å². The van der Waals surface area contributed by atoms with Crippen molar-refractivity contribution >= 4 is 0 Å². The Kier molecular flexibility index (Phi) is 6.57. The van der Waals surface area contributed by atoms with Crippen molar-refractivity contribution < 1.29 is 9.47 Å². The van der Waals surface area contributed by atoms with Gasteiger partial charge in [0.1, 0.15) is 0 Å². The van der Waals surface area contributed by atoms with E-state index in [1.165, 1.54) is 0 Å². The quantitative estimate of drug-likeness (QED) is 0.592. The molecule has 0 N–H and O–H groups in total. The molecule has 0 rings (SSSR count). The molecule has 0 aromatic rings. The van der Waals surface area contributed by atoms with Crippen molar-refractivity contribution in [3.8, 4) is 0 Å². The van der Waals surface area contributed by atoms with Crippen LogP contribution in [0.2, 0.25) is 0 Å². The van der Waals surface area contributed by atoms with E-state index in [2.05, 4.69) is 20.8 Å². The summed E-state index contributed by atoms with van der Waals surface area (Å²) in [7, 11) is 1.73. The van der Waals surface area contributed by atoms with Gasteiger partial charge in [-0.1, -0.05) is 6.92 Å². The normalized spacial score (nSPS) is 13.9. The average Bonchev–Trinajstić information content (AvgIpc) is 1.97. The summed E-state index contributed by atoms with van der Waals surface area (Å²) in [4.78, 5) is 0. The molecule has 0 aromatic carbocycles. The van der Waals surface area contributed by atoms with E-state index < -0.39 is 0 Å². The number of ether oxygens (including phenoxy) is 2. The molecule has 0 aliphatic heterocycles. The number of methoxy groups -OCH3 is 1. The standard InChI is InChI=1S/C9H20O2/c1-5-9(6-10-4)7-11-8(2)3/h8-9H,5-7H2,1-4H3. The Morgan fingerprint density at radius 3 is 2.18 bits per heavy atom.